The van der Waals surface area contributed by atoms with E-state index in [1.165, 1.54) is 6.07 Å². The molecule has 0 fully saturated rings. The van der Waals surface area contributed by atoms with E-state index in [4.69, 9.17) is 12.2 Å². The summed E-state index contributed by atoms with van der Waals surface area (Å²) in [6.07, 6.45) is 5.24. The average Bonchev–Trinajstić information content (AvgIpc) is 2.30. The molecule has 1 aromatic rings. The van der Waals surface area contributed by atoms with Gasteiger partial charge < -0.3 is 11.1 Å². The quantitative estimate of drug-likeness (QED) is 0.766. The molecular weight excluding hydrogens is 219 g/mol. The summed E-state index contributed by atoms with van der Waals surface area (Å²) in [4.78, 5) is 11.4. The minimum Gasteiger partial charge on any atom is -0.351 e. The van der Waals surface area contributed by atoms with E-state index >= 15 is 0 Å². The number of aryl methyl sites for hydroxylation is 1. The van der Waals surface area contributed by atoms with Gasteiger partial charge in [0, 0.05) is 13.0 Å². The van der Waals surface area contributed by atoms with Gasteiger partial charge in [0.15, 0.2) is 0 Å². The van der Waals surface area contributed by atoms with Crippen LogP contribution >= 0.6 is 0 Å². The number of terminal acetylenes is 1. The number of benzene rings is 1. The van der Waals surface area contributed by atoms with Gasteiger partial charge >= 0.3 is 0 Å². The maximum atomic E-state index is 13.2. The van der Waals surface area contributed by atoms with Gasteiger partial charge in [-0.25, -0.2) is 4.39 Å². The molecule has 0 aliphatic rings. The molecule has 3 nitrogen and oxygen atoms in total. The van der Waals surface area contributed by atoms with E-state index in [-0.39, 0.29) is 24.7 Å². The minimum absolute atomic E-state index is 0.189. The Hall–Kier alpha value is -1.86. The molecule has 0 aromatic heterocycles. The number of hydrogen-bond acceptors (Lipinski definition) is 2. The van der Waals surface area contributed by atoms with Gasteiger partial charge in [0.1, 0.15) is 5.82 Å². The highest BCUT2D eigenvalue weighted by Crippen LogP contribution is 2.08. The number of halogens is 1. The summed E-state index contributed by atoms with van der Waals surface area (Å²) in [5.41, 5.74) is 6.78. The van der Waals surface area contributed by atoms with E-state index in [1.54, 1.807) is 19.1 Å². The van der Waals surface area contributed by atoms with Gasteiger partial charge in [0.2, 0.25) is 5.91 Å². The Balaban J connectivity index is 2.53. The maximum absolute atomic E-state index is 13.2. The lowest BCUT2D eigenvalue weighted by atomic mass is 10.1. The van der Waals surface area contributed by atoms with Crippen LogP contribution in [0.3, 0.4) is 0 Å². The molecule has 0 bridgehead atoms. The van der Waals surface area contributed by atoms with Crippen molar-refractivity contribution in [3.8, 4) is 12.3 Å². The summed E-state index contributed by atoms with van der Waals surface area (Å²) in [6, 6.07) is 4.10. The van der Waals surface area contributed by atoms with Crippen molar-refractivity contribution >= 4 is 5.91 Å². The van der Waals surface area contributed by atoms with Crippen LogP contribution in [0.25, 0.3) is 0 Å². The topological polar surface area (TPSA) is 55.1 Å². The van der Waals surface area contributed by atoms with Crippen LogP contribution in [0.2, 0.25) is 0 Å². The zero-order valence-corrected chi connectivity index (χ0v) is 9.66. The van der Waals surface area contributed by atoms with E-state index in [2.05, 4.69) is 11.2 Å². The second-order valence-electron chi connectivity index (χ2n) is 3.82. The number of carbonyl (C=O) groups excluding carboxylic acids is 1. The molecule has 90 valence electrons. The molecule has 4 heteroatoms. The van der Waals surface area contributed by atoms with Crippen LogP contribution in [0.5, 0.6) is 0 Å². The van der Waals surface area contributed by atoms with E-state index in [0.29, 0.717) is 11.1 Å². The fraction of sp³-hybridized carbons (Fsp3) is 0.308. The monoisotopic (exact) mass is 234 g/mol. The molecule has 0 spiro atoms. The molecule has 17 heavy (non-hydrogen) atoms. The lowest BCUT2D eigenvalue weighted by Gasteiger charge is -2.10. The Morgan fingerprint density at radius 2 is 2.35 bits per heavy atom. The third kappa shape index (κ3) is 3.89. The van der Waals surface area contributed by atoms with Gasteiger partial charge in [-0.1, -0.05) is 12.1 Å². The largest absolute Gasteiger partial charge is 0.351 e. The van der Waals surface area contributed by atoms with Crippen LogP contribution in [0.4, 0.5) is 4.39 Å². The van der Waals surface area contributed by atoms with Gasteiger partial charge in [0.05, 0.1) is 6.04 Å². The van der Waals surface area contributed by atoms with Crippen LogP contribution < -0.4 is 11.1 Å². The first kappa shape index (κ1) is 13.2. The molecule has 0 heterocycles. The van der Waals surface area contributed by atoms with Crippen LogP contribution in [0, 0.1) is 25.1 Å². The SMILES string of the molecule is C#CCC(N)C(=O)NCc1ccc(C)c(F)c1. The van der Waals surface area contributed by atoms with Gasteiger partial charge in [-0.05, 0) is 24.1 Å². The summed E-state index contributed by atoms with van der Waals surface area (Å²) in [5, 5.41) is 2.60. The van der Waals surface area contributed by atoms with Gasteiger partial charge in [-0.2, -0.15) is 0 Å². The van der Waals surface area contributed by atoms with Crippen LogP contribution in [-0.2, 0) is 11.3 Å². The molecule has 1 unspecified atom stereocenters. The number of carbonyl (C=O) groups is 1. The fourth-order valence-electron chi connectivity index (χ4n) is 1.29. The third-order valence-electron chi connectivity index (χ3n) is 2.38. The van der Waals surface area contributed by atoms with Crippen LogP contribution in [-0.4, -0.2) is 11.9 Å². The van der Waals surface area contributed by atoms with Crippen molar-refractivity contribution in [2.75, 3.05) is 0 Å². The summed E-state index contributed by atoms with van der Waals surface area (Å²) in [6.45, 7) is 1.93. The van der Waals surface area contributed by atoms with Crippen molar-refractivity contribution < 1.29 is 9.18 Å². The maximum Gasteiger partial charge on any atom is 0.238 e. The molecule has 0 saturated carbocycles. The van der Waals surface area contributed by atoms with Crippen molar-refractivity contribution in [2.45, 2.75) is 25.9 Å². The molecular formula is C13H15FN2O. The first-order valence-corrected chi connectivity index (χ1v) is 5.26. The van der Waals surface area contributed by atoms with Gasteiger partial charge in [-0.15, -0.1) is 12.3 Å². The predicted octanol–water partition coefficient (Wildman–Crippen LogP) is 1.10. The lowest BCUT2D eigenvalue weighted by molar-refractivity contribution is -0.122. The number of nitrogens with two attached hydrogens (primary N) is 1. The first-order valence-electron chi connectivity index (χ1n) is 5.26. The van der Waals surface area contributed by atoms with Crippen molar-refractivity contribution in [1.29, 1.82) is 0 Å². The second kappa shape index (κ2) is 6.02. The van der Waals surface area contributed by atoms with Crippen LogP contribution in [0.1, 0.15) is 17.5 Å². The number of nitrogens with one attached hydrogen (secondary N) is 1. The highest BCUT2D eigenvalue weighted by atomic mass is 19.1. The fourth-order valence-corrected chi connectivity index (χ4v) is 1.29. The molecule has 1 rings (SSSR count). The molecule has 0 aliphatic heterocycles. The highest BCUT2D eigenvalue weighted by Gasteiger charge is 2.11. The van der Waals surface area contributed by atoms with E-state index in [1.807, 2.05) is 0 Å². The Kier molecular flexibility index (Phi) is 4.68. The summed E-state index contributed by atoms with van der Waals surface area (Å²) in [7, 11) is 0. The smallest absolute Gasteiger partial charge is 0.238 e. The standard InChI is InChI=1S/C13H15FN2O/c1-3-4-12(15)13(17)16-8-10-6-5-9(2)11(14)7-10/h1,5-7,12H,4,8,15H2,2H3,(H,16,17). The number of hydrogen-bond donors (Lipinski definition) is 2. The third-order valence-corrected chi connectivity index (χ3v) is 2.38. The van der Waals surface area contributed by atoms with E-state index in [0.717, 1.165) is 0 Å². The first-order chi connectivity index (χ1) is 8.04. The second-order valence-corrected chi connectivity index (χ2v) is 3.82. The van der Waals surface area contributed by atoms with Crippen molar-refractivity contribution in [1.82, 2.24) is 5.32 Å². The predicted molar refractivity (Wildman–Crippen MR) is 64.4 cm³/mol. The average molecular weight is 234 g/mol. The zero-order valence-electron chi connectivity index (χ0n) is 9.66. The van der Waals surface area contributed by atoms with Gasteiger partial charge in [0.25, 0.3) is 0 Å². The zero-order chi connectivity index (χ0) is 12.8. The molecule has 0 aliphatic carbocycles. The summed E-state index contributed by atoms with van der Waals surface area (Å²) >= 11 is 0. The normalized spacial score (nSPS) is 11.6. The molecule has 3 N–H and O–H groups in total. The molecule has 1 aromatic carbocycles. The Morgan fingerprint density at radius 1 is 1.65 bits per heavy atom. The lowest BCUT2D eigenvalue weighted by Crippen LogP contribution is -2.39. The Morgan fingerprint density at radius 3 is 2.94 bits per heavy atom. The van der Waals surface area contributed by atoms with Crippen molar-refractivity contribution in [3.63, 3.8) is 0 Å². The van der Waals surface area contributed by atoms with E-state index < -0.39 is 6.04 Å². The molecule has 1 atom stereocenters. The molecule has 0 saturated heterocycles. The Labute approximate surface area is 100 Å². The van der Waals surface area contributed by atoms with Crippen molar-refractivity contribution in [2.24, 2.45) is 5.73 Å². The van der Waals surface area contributed by atoms with Gasteiger partial charge in [-0.3, -0.25) is 4.79 Å². The van der Waals surface area contributed by atoms with Crippen molar-refractivity contribution in [3.05, 3.63) is 35.1 Å². The highest BCUT2D eigenvalue weighted by molar-refractivity contribution is 5.81. The van der Waals surface area contributed by atoms with E-state index in [9.17, 15) is 9.18 Å². The number of amides is 1. The van der Waals surface area contributed by atoms with Crippen LogP contribution in [0.15, 0.2) is 18.2 Å². The number of rotatable bonds is 4. The Bertz CT molecular complexity index is 451. The summed E-state index contributed by atoms with van der Waals surface area (Å²) in [5.74, 6) is 1.70. The summed E-state index contributed by atoms with van der Waals surface area (Å²) < 4.78 is 13.2. The minimum atomic E-state index is -0.713. The molecule has 0 radical (unpaired) electrons. The molecule has 1 amide bonds.